The largest absolute Gasteiger partial charge is 0.756 e. The van der Waals surface area contributed by atoms with Gasteiger partial charge in [0, 0.05) is 6.42 Å². The SMILES string of the molecule is CCCCCCCCCCC/C=C\C/C=C\CCCCCCCCCCCC(=O)NC(COP(=O)([O-])OCC[N+](C)(C)C)C(O)/C=C/CC/C=C/CCCCCCCCCCC. The Balaban J connectivity index is 4.29. The molecular formula is C53H101N2O6P. The topological polar surface area (TPSA) is 108 Å². The second-order valence-electron chi connectivity index (χ2n) is 18.9. The van der Waals surface area contributed by atoms with Crippen molar-refractivity contribution in [2.45, 2.75) is 244 Å². The first kappa shape index (κ1) is 60.5. The van der Waals surface area contributed by atoms with Crippen LogP contribution in [0, 0.1) is 0 Å². The van der Waals surface area contributed by atoms with E-state index in [9.17, 15) is 19.4 Å². The van der Waals surface area contributed by atoms with Gasteiger partial charge in [0.2, 0.25) is 5.91 Å². The summed E-state index contributed by atoms with van der Waals surface area (Å²) < 4.78 is 23.2. The average Bonchev–Trinajstić information content (AvgIpc) is 3.23. The number of carbonyl (C=O) groups is 1. The van der Waals surface area contributed by atoms with Crippen LogP contribution in [0.25, 0.3) is 0 Å². The van der Waals surface area contributed by atoms with Gasteiger partial charge in [0.25, 0.3) is 7.82 Å². The highest BCUT2D eigenvalue weighted by molar-refractivity contribution is 7.45. The van der Waals surface area contributed by atoms with Crippen molar-refractivity contribution in [1.29, 1.82) is 0 Å². The monoisotopic (exact) mass is 893 g/mol. The summed E-state index contributed by atoms with van der Waals surface area (Å²) in [6, 6.07) is -0.906. The van der Waals surface area contributed by atoms with E-state index >= 15 is 0 Å². The summed E-state index contributed by atoms with van der Waals surface area (Å²) in [4.78, 5) is 25.4. The number of hydrogen-bond donors (Lipinski definition) is 2. The Hall–Kier alpha value is -1.54. The van der Waals surface area contributed by atoms with Gasteiger partial charge >= 0.3 is 0 Å². The van der Waals surface area contributed by atoms with E-state index in [-0.39, 0.29) is 12.5 Å². The molecule has 0 aliphatic heterocycles. The van der Waals surface area contributed by atoms with Crippen LogP contribution in [0.4, 0.5) is 0 Å². The summed E-state index contributed by atoms with van der Waals surface area (Å²) in [6.45, 7) is 4.63. The number of nitrogens with one attached hydrogen (secondary N) is 1. The third-order valence-corrected chi connectivity index (χ3v) is 12.5. The number of allylic oxidation sites excluding steroid dienone is 7. The molecular weight excluding hydrogens is 792 g/mol. The molecule has 0 saturated heterocycles. The highest BCUT2D eigenvalue weighted by Crippen LogP contribution is 2.38. The number of hydrogen-bond acceptors (Lipinski definition) is 6. The summed E-state index contributed by atoms with van der Waals surface area (Å²) in [5, 5.41) is 13.8. The van der Waals surface area contributed by atoms with Crippen LogP contribution < -0.4 is 10.2 Å². The third-order valence-electron chi connectivity index (χ3n) is 11.5. The van der Waals surface area contributed by atoms with E-state index in [2.05, 4.69) is 55.6 Å². The lowest BCUT2D eigenvalue weighted by Gasteiger charge is -2.29. The molecule has 8 nitrogen and oxygen atoms in total. The van der Waals surface area contributed by atoms with Gasteiger partial charge in [-0.05, 0) is 64.2 Å². The fourth-order valence-corrected chi connectivity index (χ4v) is 8.10. The standard InChI is InChI=1S/C53H101N2O6P/c1-6-8-10-12-14-16-18-20-22-23-24-25-26-27-28-29-30-31-33-35-37-39-41-43-45-47-53(57)54-51(50-61-62(58,59)60-49-48-55(3,4)5)52(56)46-44-42-40-38-36-34-32-21-19-17-15-13-11-9-7-2/h24-25,27-28,36,38,44,46,51-52,56H,6-23,26,29-35,37,39-43,45,47-50H2,1-5H3,(H-,54,57,58,59)/b25-24-,28-27-,38-36+,46-44+. The number of phosphoric ester groups is 1. The molecule has 1 amide bonds. The summed E-state index contributed by atoms with van der Waals surface area (Å²) in [6.07, 6.45) is 57.5. The van der Waals surface area contributed by atoms with Crippen molar-refractivity contribution in [3.05, 3.63) is 48.6 Å². The minimum Gasteiger partial charge on any atom is -0.756 e. The van der Waals surface area contributed by atoms with E-state index in [4.69, 9.17) is 9.05 Å². The number of aliphatic hydroxyl groups excluding tert-OH is 1. The summed E-state index contributed by atoms with van der Waals surface area (Å²) in [7, 11) is 1.24. The number of likely N-dealkylation sites (N-methyl/N-ethyl adjacent to an activating group) is 1. The van der Waals surface area contributed by atoms with E-state index < -0.39 is 26.6 Å². The Morgan fingerprint density at radius 1 is 0.565 bits per heavy atom. The average molecular weight is 893 g/mol. The molecule has 62 heavy (non-hydrogen) atoms. The molecule has 0 rings (SSSR count). The van der Waals surface area contributed by atoms with Crippen LogP contribution in [-0.2, 0) is 18.4 Å². The molecule has 3 atom stereocenters. The van der Waals surface area contributed by atoms with Crippen molar-refractivity contribution in [3.63, 3.8) is 0 Å². The zero-order valence-electron chi connectivity index (χ0n) is 41.3. The van der Waals surface area contributed by atoms with Gasteiger partial charge in [-0.3, -0.25) is 9.36 Å². The van der Waals surface area contributed by atoms with Crippen LogP contribution in [-0.4, -0.2) is 68.5 Å². The van der Waals surface area contributed by atoms with E-state index in [1.165, 1.54) is 167 Å². The van der Waals surface area contributed by atoms with Crippen LogP contribution in [0.5, 0.6) is 0 Å². The minimum atomic E-state index is -4.60. The van der Waals surface area contributed by atoms with Gasteiger partial charge in [-0.15, -0.1) is 0 Å². The number of quaternary nitrogens is 1. The van der Waals surface area contributed by atoms with E-state index in [0.717, 1.165) is 44.9 Å². The van der Waals surface area contributed by atoms with Gasteiger partial charge < -0.3 is 28.8 Å². The lowest BCUT2D eigenvalue weighted by Crippen LogP contribution is -2.45. The quantitative estimate of drug-likeness (QED) is 0.0273. The lowest BCUT2D eigenvalue weighted by molar-refractivity contribution is -0.870. The molecule has 0 aliphatic carbocycles. The number of rotatable bonds is 47. The molecule has 0 aliphatic rings. The molecule has 0 radical (unpaired) electrons. The molecule has 2 N–H and O–H groups in total. The van der Waals surface area contributed by atoms with E-state index in [1.54, 1.807) is 6.08 Å². The minimum absolute atomic E-state index is 0.00817. The molecule has 0 saturated carbocycles. The molecule has 0 spiro atoms. The Labute approximate surface area is 384 Å². The van der Waals surface area contributed by atoms with E-state index in [0.29, 0.717) is 17.4 Å². The first-order valence-corrected chi connectivity index (χ1v) is 27.5. The number of amides is 1. The Bertz CT molecular complexity index is 1150. The molecule has 0 fully saturated rings. The zero-order chi connectivity index (χ0) is 45.7. The second-order valence-corrected chi connectivity index (χ2v) is 20.3. The Morgan fingerprint density at radius 3 is 1.40 bits per heavy atom. The predicted octanol–water partition coefficient (Wildman–Crippen LogP) is 14.6. The molecule has 0 bridgehead atoms. The number of carbonyl (C=O) groups excluding carboxylic acids is 1. The van der Waals surface area contributed by atoms with Crippen LogP contribution in [0.2, 0.25) is 0 Å². The Morgan fingerprint density at radius 2 is 0.952 bits per heavy atom. The molecule has 0 aromatic carbocycles. The fourth-order valence-electron chi connectivity index (χ4n) is 7.38. The lowest BCUT2D eigenvalue weighted by atomic mass is 10.1. The van der Waals surface area contributed by atoms with Gasteiger partial charge in [-0.2, -0.15) is 0 Å². The Kier molecular flexibility index (Phi) is 43.5. The van der Waals surface area contributed by atoms with Gasteiger partial charge in [0.05, 0.1) is 39.9 Å². The number of unbranched alkanes of at least 4 members (excludes halogenated alkanes) is 28. The maximum absolute atomic E-state index is 12.9. The second kappa shape index (κ2) is 44.7. The molecule has 9 heteroatoms. The van der Waals surface area contributed by atoms with Crippen molar-refractivity contribution in [1.82, 2.24) is 5.32 Å². The smallest absolute Gasteiger partial charge is 0.268 e. The van der Waals surface area contributed by atoms with Gasteiger partial charge in [0.1, 0.15) is 13.2 Å². The van der Waals surface area contributed by atoms with Crippen molar-refractivity contribution in [3.8, 4) is 0 Å². The predicted molar refractivity (Wildman–Crippen MR) is 265 cm³/mol. The number of aliphatic hydroxyl groups is 1. The maximum Gasteiger partial charge on any atom is 0.268 e. The van der Waals surface area contributed by atoms with Crippen LogP contribution in [0.1, 0.15) is 232 Å². The number of phosphoric acid groups is 1. The van der Waals surface area contributed by atoms with E-state index in [1.807, 2.05) is 27.2 Å². The molecule has 364 valence electrons. The van der Waals surface area contributed by atoms with Crippen molar-refractivity contribution >= 4 is 13.7 Å². The molecule has 0 heterocycles. The van der Waals surface area contributed by atoms with Crippen LogP contribution in [0.3, 0.4) is 0 Å². The summed E-state index contributed by atoms with van der Waals surface area (Å²) >= 11 is 0. The van der Waals surface area contributed by atoms with Crippen molar-refractivity contribution in [2.24, 2.45) is 0 Å². The van der Waals surface area contributed by atoms with Crippen LogP contribution >= 0.6 is 7.82 Å². The van der Waals surface area contributed by atoms with Crippen molar-refractivity contribution in [2.75, 3.05) is 40.9 Å². The zero-order valence-corrected chi connectivity index (χ0v) is 42.2. The summed E-state index contributed by atoms with van der Waals surface area (Å²) in [5.74, 6) is -0.212. The third kappa shape index (κ3) is 46.5. The molecule has 0 aromatic rings. The normalized spacial score (nSPS) is 14.5. The van der Waals surface area contributed by atoms with Gasteiger partial charge in [0.15, 0.2) is 0 Å². The first-order valence-electron chi connectivity index (χ1n) is 26.0. The van der Waals surface area contributed by atoms with Gasteiger partial charge in [-0.1, -0.05) is 210 Å². The highest BCUT2D eigenvalue weighted by Gasteiger charge is 2.23. The van der Waals surface area contributed by atoms with Gasteiger partial charge in [-0.25, -0.2) is 0 Å². The molecule has 3 unspecified atom stereocenters. The molecule has 0 aromatic heterocycles. The fraction of sp³-hybridized carbons (Fsp3) is 0.830. The first-order chi connectivity index (χ1) is 30.0. The van der Waals surface area contributed by atoms with Crippen molar-refractivity contribution < 1.29 is 32.9 Å². The highest BCUT2D eigenvalue weighted by atomic mass is 31.2. The maximum atomic E-state index is 12.9. The summed E-state index contributed by atoms with van der Waals surface area (Å²) in [5.41, 5.74) is 0. The van der Waals surface area contributed by atoms with Crippen LogP contribution in [0.15, 0.2) is 48.6 Å². The number of nitrogens with zero attached hydrogens (tertiary/aromatic N) is 1.